The number of amides is 1. The SMILES string of the molecule is CCN(c1ccccc1)c1ccc(NC(=O)c2ccc(C(C)(C)C)cc2)cn1. The Morgan fingerprint density at radius 1 is 0.964 bits per heavy atom. The Labute approximate surface area is 167 Å². The van der Waals surface area contributed by atoms with Crippen LogP contribution in [0.5, 0.6) is 0 Å². The van der Waals surface area contributed by atoms with Gasteiger partial charge in [-0.15, -0.1) is 0 Å². The van der Waals surface area contributed by atoms with Crippen molar-refractivity contribution in [2.75, 3.05) is 16.8 Å². The van der Waals surface area contributed by atoms with Crippen molar-refractivity contribution in [2.45, 2.75) is 33.1 Å². The van der Waals surface area contributed by atoms with Crippen LogP contribution in [0.15, 0.2) is 72.9 Å². The molecule has 3 rings (SSSR count). The van der Waals surface area contributed by atoms with Crippen LogP contribution in [-0.2, 0) is 5.41 Å². The Kier molecular flexibility index (Phi) is 5.78. The van der Waals surface area contributed by atoms with Gasteiger partial charge < -0.3 is 10.2 Å². The molecule has 0 atom stereocenters. The molecule has 0 saturated heterocycles. The highest BCUT2D eigenvalue weighted by Crippen LogP contribution is 2.24. The van der Waals surface area contributed by atoms with Crippen molar-refractivity contribution >= 4 is 23.1 Å². The van der Waals surface area contributed by atoms with Gasteiger partial charge in [0.05, 0.1) is 11.9 Å². The summed E-state index contributed by atoms with van der Waals surface area (Å²) in [4.78, 5) is 19.2. The van der Waals surface area contributed by atoms with Gasteiger partial charge in [0.25, 0.3) is 5.91 Å². The molecule has 1 N–H and O–H groups in total. The fourth-order valence-corrected chi connectivity index (χ4v) is 3.03. The van der Waals surface area contributed by atoms with E-state index in [9.17, 15) is 4.79 Å². The van der Waals surface area contributed by atoms with Gasteiger partial charge in [0.2, 0.25) is 0 Å². The predicted octanol–water partition coefficient (Wildman–Crippen LogP) is 5.79. The van der Waals surface area contributed by atoms with Crippen LogP contribution in [0.25, 0.3) is 0 Å². The molecule has 28 heavy (non-hydrogen) atoms. The highest BCUT2D eigenvalue weighted by molar-refractivity contribution is 6.04. The fourth-order valence-electron chi connectivity index (χ4n) is 3.03. The molecule has 0 unspecified atom stereocenters. The predicted molar refractivity (Wildman–Crippen MR) is 116 cm³/mol. The summed E-state index contributed by atoms with van der Waals surface area (Å²) in [5.41, 5.74) is 3.68. The zero-order chi connectivity index (χ0) is 20.1. The van der Waals surface area contributed by atoms with E-state index in [4.69, 9.17) is 0 Å². The van der Waals surface area contributed by atoms with E-state index in [0.717, 1.165) is 18.1 Å². The van der Waals surface area contributed by atoms with E-state index < -0.39 is 0 Å². The third-order valence-electron chi connectivity index (χ3n) is 4.68. The van der Waals surface area contributed by atoms with Crippen molar-refractivity contribution < 1.29 is 4.79 Å². The number of rotatable bonds is 5. The zero-order valence-corrected chi connectivity index (χ0v) is 16.9. The summed E-state index contributed by atoms with van der Waals surface area (Å²) in [6.45, 7) is 9.37. The average molecular weight is 374 g/mol. The van der Waals surface area contributed by atoms with E-state index in [1.54, 1.807) is 6.20 Å². The number of benzene rings is 2. The number of carbonyl (C=O) groups is 1. The molecular weight excluding hydrogens is 346 g/mol. The Hall–Kier alpha value is -3.14. The summed E-state index contributed by atoms with van der Waals surface area (Å²) in [5, 5.41) is 2.92. The van der Waals surface area contributed by atoms with Crippen molar-refractivity contribution in [2.24, 2.45) is 0 Å². The largest absolute Gasteiger partial charge is 0.327 e. The molecule has 0 spiro atoms. The second-order valence-corrected chi connectivity index (χ2v) is 7.77. The van der Waals surface area contributed by atoms with Crippen molar-refractivity contribution in [3.05, 3.63) is 84.1 Å². The van der Waals surface area contributed by atoms with Crippen LogP contribution >= 0.6 is 0 Å². The maximum absolute atomic E-state index is 12.5. The first-order valence-corrected chi connectivity index (χ1v) is 9.59. The minimum absolute atomic E-state index is 0.0681. The smallest absolute Gasteiger partial charge is 0.255 e. The van der Waals surface area contributed by atoms with E-state index in [-0.39, 0.29) is 11.3 Å². The number of nitrogens with zero attached hydrogens (tertiary/aromatic N) is 2. The Morgan fingerprint density at radius 2 is 1.64 bits per heavy atom. The lowest BCUT2D eigenvalue weighted by Gasteiger charge is -2.22. The van der Waals surface area contributed by atoms with Gasteiger partial charge in [0, 0.05) is 17.8 Å². The molecule has 2 aromatic carbocycles. The van der Waals surface area contributed by atoms with E-state index in [0.29, 0.717) is 11.3 Å². The first-order chi connectivity index (χ1) is 13.4. The highest BCUT2D eigenvalue weighted by Gasteiger charge is 2.14. The van der Waals surface area contributed by atoms with Gasteiger partial charge in [0.1, 0.15) is 5.82 Å². The lowest BCUT2D eigenvalue weighted by Crippen LogP contribution is -2.18. The minimum Gasteiger partial charge on any atom is -0.327 e. The average Bonchev–Trinajstić information content (AvgIpc) is 2.70. The van der Waals surface area contributed by atoms with Gasteiger partial charge in [0.15, 0.2) is 0 Å². The molecule has 0 aliphatic rings. The number of pyridine rings is 1. The molecular formula is C24H27N3O. The Balaban J connectivity index is 1.71. The van der Waals surface area contributed by atoms with E-state index >= 15 is 0 Å². The number of aromatic nitrogens is 1. The molecule has 0 fully saturated rings. The van der Waals surface area contributed by atoms with Gasteiger partial charge in [-0.2, -0.15) is 0 Å². The minimum atomic E-state index is -0.134. The summed E-state index contributed by atoms with van der Waals surface area (Å²) in [7, 11) is 0. The van der Waals surface area contributed by atoms with E-state index in [1.807, 2.05) is 54.6 Å². The van der Waals surface area contributed by atoms with Crippen LogP contribution in [0.2, 0.25) is 0 Å². The molecule has 1 heterocycles. The first kappa shape index (κ1) is 19.6. The summed E-state index contributed by atoms with van der Waals surface area (Å²) in [5.74, 6) is 0.714. The summed E-state index contributed by atoms with van der Waals surface area (Å²) >= 11 is 0. The maximum Gasteiger partial charge on any atom is 0.255 e. The molecule has 144 valence electrons. The normalized spacial score (nSPS) is 11.1. The van der Waals surface area contributed by atoms with Gasteiger partial charge in [-0.25, -0.2) is 4.98 Å². The third kappa shape index (κ3) is 4.58. The number of nitrogens with one attached hydrogen (secondary N) is 1. The molecule has 0 bridgehead atoms. The molecule has 0 aliphatic heterocycles. The molecule has 4 nitrogen and oxygen atoms in total. The molecule has 3 aromatic rings. The standard InChI is InChI=1S/C24H27N3O/c1-5-27(21-9-7-6-8-10-21)22-16-15-20(17-25-22)26-23(28)18-11-13-19(14-12-18)24(2,3)4/h6-17H,5H2,1-4H3,(H,26,28). The number of hydrogen-bond donors (Lipinski definition) is 1. The van der Waals surface area contributed by atoms with Crippen LogP contribution in [0.4, 0.5) is 17.2 Å². The lowest BCUT2D eigenvalue weighted by atomic mass is 9.87. The van der Waals surface area contributed by atoms with E-state index in [2.05, 4.69) is 55.0 Å². The topological polar surface area (TPSA) is 45.2 Å². The fraction of sp³-hybridized carbons (Fsp3) is 0.250. The second kappa shape index (κ2) is 8.26. The highest BCUT2D eigenvalue weighted by atomic mass is 16.1. The van der Waals surface area contributed by atoms with E-state index in [1.165, 1.54) is 5.56 Å². The molecule has 0 aliphatic carbocycles. The van der Waals surface area contributed by atoms with Gasteiger partial charge >= 0.3 is 0 Å². The van der Waals surface area contributed by atoms with Gasteiger partial charge in [-0.3, -0.25) is 4.79 Å². The second-order valence-electron chi connectivity index (χ2n) is 7.77. The van der Waals surface area contributed by atoms with Crippen LogP contribution in [0, 0.1) is 0 Å². The number of anilines is 3. The van der Waals surface area contributed by atoms with Crippen molar-refractivity contribution in [3.8, 4) is 0 Å². The zero-order valence-electron chi connectivity index (χ0n) is 16.9. The molecule has 0 saturated carbocycles. The molecule has 1 aromatic heterocycles. The summed E-state index contributed by atoms with van der Waals surface area (Å²) in [6.07, 6.45) is 1.70. The summed E-state index contributed by atoms with van der Waals surface area (Å²) < 4.78 is 0. The Morgan fingerprint density at radius 3 is 2.18 bits per heavy atom. The number of carbonyl (C=O) groups excluding carboxylic acids is 1. The number of hydrogen-bond acceptors (Lipinski definition) is 3. The molecule has 4 heteroatoms. The van der Waals surface area contributed by atoms with Crippen LogP contribution in [0.1, 0.15) is 43.6 Å². The van der Waals surface area contributed by atoms with Crippen LogP contribution < -0.4 is 10.2 Å². The first-order valence-electron chi connectivity index (χ1n) is 9.59. The Bertz CT molecular complexity index is 911. The van der Waals surface area contributed by atoms with Gasteiger partial charge in [-0.05, 0) is 54.3 Å². The van der Waals surface area contributed by atoms with Crippen LogP contribution in [0.3, 0.4) is 0 Å². The monoisotopic (exact) mass is 373 g/mol. The van der Waals surface area contributed by atoms with Crippen molar-refractivity contribution in [1.29, 1.82) is 0 Å². The maximum atomic E-state index is 12.5. The summed E-state index contributed by atoms with van der Waals surface area (Å²) in [6, 6.07) is 21.7. The third-order valence-corrected chi connectivity index (χ3v) is 4.68. The lowest BCUT2D eigenvalue weighted by molar-refractivity contribution is 0.102. The van der Waals surface area contributed by atoms with Crippen molar-refractivity contribution in [3.63, 3.8) is 0 Å². The van der Waals surface area contributed by atoms with Crippen LogP contribution in [-0.4, -0.2) is 17.4 Å². The molecule has 0 radical (unpaired) electrons. The van der Waals surface area contributed by atoms with Crippen molar-refractivity contribution in [1.82, 2.24) is 4.98 Å². The number of para-hydroxylation sites is 1. The molecule has 1 amide bonds. The van der Waals surface area contributed by atoms with Gasteiger partial charge in [-0.1, -0.05) is 51.1 Å². The quantitative estimate of drug-likeness (QED) is 0.616.